The van der Waals surface area contributed by atoms with Crippen LogP contribution in [0.15, 0.2) is 18.2 Å². The summed E-state index contributed by atoms with van der Waals surface area (Å²) in [5.74, 6) is -0.264. The molecule has 0 saturated carbocycles. The van der Waals surface area contributed by atoms with Crippen LogP contribution in [0.5, 0.6) is 0 Å². The van der Waals surface area contributed by atoms with Crippen molar-refractivity contribution in [2.75, 3.05) is 6.54 Å². The van der Waals surface area contributed by atoms with E-state index in [0.29, 0.717) is 12.0 Å². The molecular weight excluding hydrogens is 272 g/mol. The molecule has 0 aliphatic rings. The van der Waals surface area contributed by atoms with Crippen molar-refractivity contribution in [3.8, 4) is 0 Å². The lowest BCUT2D eigenvalue weighted by Crippen LogP contribution is -2.41. The SMILES string of the molecule is Cc1cccc(C(=O)NCC(C)(O)CC(C)C)c1[N+](=O)[O-]. The molecule has 1 rings (SSSR count). The maximum Gasteiger partial charge on any atom is 0.285 e. The molecule has 0 bridgehead atoms. The van der Waals surface area contributed by atoms with Crippen molar-refractivity contribution in [1.82, 2.24) is 5.32 Å². The average molecular weight is 294 g/mol. The number of nitrogens with zero attached hydrogens (tertiary/aromatic N) is 1. The Labute approximate surface area is 124 Å². The third-order valence-electron chi connectivity index (χ3n) is 3.14. The van der Waals surface area contributed by atoms with Crippen LogP contribution < -0.4 is 5.32 Å². The van der Waals surface area contributed by atoms with Gasteiger partial charge in [-0.2, -0.15) is 0 Å². The van der Waals surface area contributed by atoms with Gasteiger partial charge in [0, 0.05) is 12.1 Å². The fraction of sp³-hybridized carbons (Fsp3) is 0.533. The molecule has 1 atom stereocenters. The van der Waals surface area contributed by atoms with Gasteiger partial charge in [0.25, 0.3) is 11.6 Å². The van der Waals surface area contributed by atoms with E-state index in [0.717, 1.165) is 0 Å². The van der Waals surface area contributed by atoms with Gasteiger partial charge >= 0.3 is 0 Å². The Bertz CT molecular complexity index is 538. The number of para-hydroxylation sites is 1. The molecule has 6 nitrogen and oxygen atoms in total. The normalized spacial score (nSPS) is 13.8. The van der Waals surface area contributed by atoms with Gasteiger partial charge in [0.15, 0.2) is 0 Å². The predicted molar refractivity (Wildman–Crippen MR) is 80.2 cm³/mol. The summed E-state index contributed by atoms with van der Waals surface area (Å²) in [4.78, 5) is 22.6. The van der Waals surface area contributed by atoms with Crippen LogP contribution in [0.25, 0.3) is 0 Å². The Hall–Kier alpha value is -1.95. The van der Waals surface area contributed by atoms with E-state index in [2.05, 4.69) is 5.32 Å². The first kappa shape index (κ1) is 17.1. The molecule has 1 unspecified atom stereocenters. The molecule has 0 radical (unpaired) electrons. The number of benzene rings is 1. The lowest BCUT2D eigenvalue weighted by Gasteiger charge is -2.25. The number of hydrogen-bond donors (Lipinski definition) is 2. The summed E-state index contributed by atoms with van der Waals surface area (Å²) in [6.45, 7) is 7.22. The standard InChI is InChI=1S/C15H22N2O4/c1-10(2)8-15(4,19)9-16-14(18)12-7-5-6-11(3)13(12)17(20)21/h5-7,10,19H,8-9H2,1-4H3,(H,16,18). The largest absolute Gasteiger partial charge is 0.388 e. The summed E-state index contributed by atoms with van der Waals surface area (Å²) in [6.07, 6.45) is 0.531. The van der Waals surface area contributed by atoms with Crippen LogP contribution in [0, 0.1) is 23.0 Å². The molecule has 0 aromatic heterocycles. The van der Waals surface area contributed by atoms with Gasteiger partial charge in [-0.05, 0) is 32.3 Å². The molecule has 0 fully saturated rings. The van der Waals surface area contributed by atoms with Crippen molar-refractivity contribution in [3.63, 3.8) is 0 Å². The zero-order valence-electron chi connectivity index (χ0n) is 12.8. The van der Waals surface area contributed by atoms with E-state index in [1.165, 1.54) is 6.07 Å². The van der Waals surface area contributed by atoms with Crippen LogP contribution in [0.2, 0.25) is 0 Å². The van der Waals surface area contributed by atoms with Crippen molar-refractivity contribution in [1.29, 1.82) is 0 Å². The first-order chi connectivity index (χ1) is 9.64. The summed E-state index contributed by atoms with van der Waals surface area (Å²) < 4.78 is 0. The van der Waals surface area contributed by atoms with E-state index in [4.69, 9.17) is 0 Å². The first-order valence-corrected chi connectivity index (χ1v) is 6.88. The molecule has 0 heterocycles. The third kappa shape index (κ3) is 4.82. The second-order valence-electron chi connectivity index (χ2n) is 6.01. The van der Waals surface area contributed by atoms with Crippen molar-refractivity contribution in [2.24, 2.45) is 5.92 Å². The Balaban J connectivity index is 2.87. The summed E-state index contributed by atoms with van der Waals surface area (Å²) >= 11 is 0. The number of hydrogen-bond acceptors (Lipinski definition) is 4. The summed E-state index contributed by atoms with van der Waals surface area (Å²) in [7, 11) is 0. The van der Waals surface area contributed by atoms with Crippen molar-refractivity contribution < 1.29 is 14.8 Å². The van der Waals surface area contributed by atoms with E-state index in [1.54, 1.807) is 26.0 Å². The molecule has 0 aliphatic carbocycles. The number of amides is 1. The number of nitro groups is 1. The predicted octanol–water partition coefficient (Wildman–Crippen LogP) is 2.43. The summed E-state index contributed by atoms with van der Waals surface area (Å²) in [5.41, 5.74) is -0.789. The van der Waals surface area contributed by atoms with Crippen LogP contribution in [0.4, 0.5) is 5.69 Å². The van der Waals surface area contributed by atoms with Crippen LogP contribution in [0.1, 0.15) is 43.1 Å². The number of nitro benzene ring substituents is 1. The van der Waals surface area contributed by atoms with Crippen molar-refractivity contribution >= 4 is 11.6 Å². The minimum absolute atomic E-state index is 0.0142. The molecule has 2 N–H and O–H groups in total. The zero-order valence-corrected chi connectivity index (χ0v) is 12.8. The van der Waals surface area contributed by atoms with Gasteiger partial charge in [0.2, 0.25) is 0 Å². The smallest absolute Gasteiger partial charge is 0.285 e. The first-order valence-electron chi connectivity index (χ1n) is 6.88. The van der Waals surface area contributed by atoms with E-state index in [1.807, 2.05) is 13.8 Å². The molecule has 1 aromatic carbocycles. The molecule has 6 heteroatoms. The Morgan fingerprint density at radius 1 is 1.48 bits per heavy atom. The summed E-state index contributed by atoms with van der Waals surface area (Å²) in [5, 5.41) is 23.8. The van der Waals surface area contributed by atoms with Crippen LogP contribution in [-0.4, -0.2) is 28.1 Å². The summed E-state index contributed by atoms with van der Waals surface area (Å²) in [6, 6.07) is 4.60. The van der Waals surface area contributed by atoms with Crippen LogP contribution in [-0.2, 0) is 0 Å². The molecule has 1 amide bonds. The molecule has 0 saturated heterocycles. The molecule has 0 spiro atoms. The Morgan fingerprint density at radius 2 is 2.10 bits per heavy atom. The molecular formula is C15H22N2O4. The molecule has 0 aliphatic heterocycles. The molecule has 116 valence electrons. The Kier molecular flexibility index (Phi) is 5.43. The van der Waals surface area contributed by atoms with Crippen molar-refractivity contribution in [3.05, 3.63) is 39.4 Å². The van der Waals surface area contributed by atoms with Gasteiger partial charge in [-0.3, -0.25) is 14.9 Å². The number of aliphatic hydroxyl groups is 1. The second kappa shape index (κ2) is 6.67. The minimum Gasteiger partial charge on any atom is -0.388 e. The van der Waals surface area contributed by atoms with E-state index >= 15 is 0 Å². The second-order valence-corrected chi connectivity index (χ2v) is 6.01. The maximum absolute atomic E-state index is 12.1. The van der Waals surface area contributed by atoms with Gasteiger partial charge in [0.05, 0.1) is 10.5 Å². The number of rotatable bonds is 6. The highest BCUT2D eigenvalue weighted by Gasteiger charge is 2.26. The minimum atomic E-state index is -1.04. The van der Waals surface area contributed by atoms with Crippen LogP contribution in [0.3, 0.4) is 0 Å². The van der Waals surface area contributed by atoms with Gasteiger partial charge in [-0.1, -0.05) is 26.0 Å². The van der Waals surface area contributed by atoms with Gasteiger partial charge in [0.1, 0.15) is 5.56 Å². The highest BCUT2D eigenvalue weighted by atomic mass is 16.6. The zero-order chi connectivity index (χ0) is 16.2. The lowest BCUT2D eigenvalue weighted by molar-refractivity contribution is -0.385. The highest BCUT2D eigenvalue weighted by molar-refractivity contribution is 5.98. The quantitative estimate of drug-likeness (QED) is 0.622. The van der Waals surface area contributed by atoms with Gasteiger partial charge < -0.3 is 10.4 Å². The maximum atomic E-state index is 12.1. The fourth-order valence-corrected chi connectivity index (χ4v) is 2.40. The molecule has 1 aromatic rings. The highest BCUT2D eigenvalue weighted by Crippen LogP contribution is 2.23. The van der Waals surface area contributed by atoms with E-state index < -0.39 is 16.4 Å². The van der Waals surface area contributed by atoms with Gasteiger partial charge in [-0.15, -0.1) is 0 Å². The van der Waals surface area contributed by atoms with E-state index in [9.17, 15) is 20.0 Å². The topological polar surface area (TPSA) is 92.5 Å². The lowest BCUT2D eigenvalue weighted by atomic mass is 9.94. The monoisotopic (exact) mass is 294 g/mol. The Morgan fingerprint density at radius 3 is 2.62 bits per heavy atom. The van der Waals surface area contributed by atoms with E-state index in [-0.39, 0.29) is 23.7 Å². The third-order valence-corrected chi connectivity index (χ3v) is 3.14. The van der Waals surface area contributed by atoms with Crippen molar-refractivity contribution in [2.45, 2.75) is 39.7 Å². The average Bonchev–Trinajstić information content (AvgIpc) is 2.33. The fourth-order valence-electron chi connectivity index (χ4n) is 2.40. The number of nitrogens with one attached hydrogen (secondary N) is 1. The number of aryl methyl sites for hydroxylation is 1. The molecule has 21 heavy (non-hydrogen) atoms. The van der Waals surface area contributed by atoms with Crippen LogP contribution >= 0.6 is 0 Å². The van der Waals surface area contributed by atoms with Gasteiger partial charge in [-0.25, -0.2) is 0 Å². The number of carbonyl (C=O) groups excluding carboxylic acids is 1. The number of carbonyl (C=O) groups is 1.